The van der Waals surface area contributed by atoms with Crippen molar-refractivity contribution >= 4 is 27.4 Å². The second-order valence-corrected chi connectivity index (χ2v) is 6.51. The summed E-state index contributed by atoms with van der Waals surface area (Å²) < 4.78 is 6.69. The fraction of sp³-hybridized carbons (Fsp3) is 0. The summed E-state index contributed by atoms with van der Waals surface area (Å²) in [5.41, 5.74) is 1.67. The Morgan fingerprint density at radius 2 is 1.50 bits per heavy atom. The third kappa shape index (κ3) is 2.94. The van der Waals surface area contributed by atoms with Crippen LogP contribution in [0.1, 0.15) is 10.4 Å². The monoisotopic (exact) mass is 330 g/mol. The van der Waals surface area contributed by atoms with E-state index < -0.39 is 0 Å². The van der Waals surface area contributed by atoms with E-state index in [1.807, 2.05) is 48.5 Å². The smallest absolute Gasteiger partial charge is 0.343 e. The van der Waals surface area contributed by atoms with Gasteiger partial charge in [-0.15, -0.1) is 11.3 Å². The van der Waals surface area contributed by atoms with E-state index in [1.165, 1.54) is 15.0 Å². The lowest BCUT2D eigenvalue weighted by atomic mass is 10.1. The van der Waals surface area contributed by atoms with E-state index in [-0.39, 0.29) is 5.97 Å². The average Bonchev–Trinajstić information content (AvgIpc) is 3.07. The first-order valence-electron chi connectivity index (χ1n) is 7.66. The van der Waals surface area contributed by atoms with Gasteiger partial charge in [0.2, 0.25) is 0 Å². The van der Waals surface area contributed by atoms with E-state index in [0.29, 0.717) is 11.3 Å². The summed E-state index contributed by atoms with van der Waals surface area (Å²) >= 11 is 1.76. The van der Waals surface area contributed by atoms with Crippen molar-refractivity contribution in [2.45, 2.75) is 0 Å². The highest BCUT2D eigenvalue weighted by Crippen LogP contribution is 2.34. The number of carbonyl (C=O) groups is 1. The van der Waals surface area contributed by atoms with Crippen molar-refractivity contribution in [2.24, 2.45) is 0 Å². The molecule has 0 radical (unpaired) electrons. The third-order valence-corrected chi connectivity index (χ3v) is 4.95. The Bertz CT molecular complexity index is 952. The number of carbonyl (C=O) groups excluding carboxylic acids is 1. The van der Waals surface area contributed by atoms with Crippen LogP contribution in [-0.4, -0.2) is 5.97 Å². The molecule has 3 aromatic carbocycles. The molecule has 24 heavy (non-hydrogen) atoms. The van der Waals surface area contributed by atoms with Crippen LogP contribution in [0.5, 0.6) is 5.75 Å². The molecule has 0 saturated heterocycles. The number of thiophene rings is 1. The minimum atomic E-state index is -0.342. The second-order valence-electron chi connectivity index (χ2n) is 5.43. The summed E-state index contributed by atoms with van der Waals surface area (Å²) in [5.74, 6) is 0.207. The molecule has 0 saturated carbocycles. The summed E-state index contributed by atoms with van der Waals surface area (Å²) in [5, 5.41) is 1.25. The number of esters is 1. The minimum absolute atomic E-state index is 0.342. The highest BCUT2D eigenvalue weighted by atomic mass is 32.1. The van der Waals surface area contributed by atoms with Crippen LogP contribution in [0.15, 0.2) is 84.9 Å². The summed E-state index contributed by atoms with van der Waals surface area (Å²) in [4.78, 5) is 13.3. The SMILES string of the molecule is O=C(Oc1ccc(-c2cc3ccccc3s2)cc1)c1ccccc1. The van der Waals surface area contributed by atoms with Crippen LogP contribution < -0.4 is 4.74 Å². The molecule has 1 aromatic heterocycles. The van der Waals surface area contributed by atoms with Gasteiger partial charge in [0.15, 0.2) is 0 Å². The van der Waals surface area contributed by atoms with Crippen molar-refractivity contribution < 1.29 is 9.53 Å². The Hall–Kier alpha value is -2.91. The number of rotatable bonds is 3. The molecular weight excluding hydrogens is 316 g/mol. The normalized spacial score (nSPS) is 10.7. The van der Waals surface area contributed by atoms with E-state index >= 15 is 0 Å². The van der Waals surface area contributed by atoms with Gasteiger partial charge in [-0.1, -0.05) is 36.4 Å². The number of ether oxygens (including phenoxy) is 1. The first kappa shape index (κ1) is 14.7. The van der Waals surface area contributed by atoms with Crippen molar-refractivity contribution in [3.05, 3.63) is 90.5 Å². The number of hydrogen-bond donors (Lipinski definition) is 0. The van der Waals surface area contributed by atoms with Gasteiger partial charge in [-0.3, -0.25) is 0 Å². The predicted molar refractivity (Wildman–Crippen MR) is 98.7 cm³/mol. The quantitative estimate of drug-likeness (QED) is 0.351. The van der Waals surface area contributed by atoms with Gasteiger partial charge < -0.3 is 4.74 Å². The van der Waals surface area contributed by atoms with E-state index in [4.69, 9.17) is 4.74 Å². The van der Waals surface area contributed by atoms with Crippen molar-refractivity contribution in [1.82, 2.24) is 0 Å². The Kier molecular flexibility index (Phi) is 3.85. The zero-order valence-electron chi connectivity index (χ0n) is 12.8. The van der Waals surface area contributed by atoms with E-state index in [0.717, 1.165) is 5.56 Å². The molecule has 0 aliphatic carbocycles. The summed E-state index contributed by atoms with van der Waals surface area (Å²) in [7, 11) is 0. The maximum atomic E-state index is 12.1. The largest absolute Gasteiger partial charge is 0.423 e. The molecule has 0 aliphatic heterocycles. The van der Waals surface area contributed by atoms with Crippen molar-refractivity contribution in [2.75, 3.05) is 0 Å². The van der Waals surface area contributed by atoms with Gasteiger partial charge in [0.05, 0.1) is 5.56 Å². The second kappa shape index (κ2) is 6.30. The number of hydrogen-bond acceptors (Lipinski definition) is 3. The Morgan fingerprint density at radius 3 is 2.25 bits per heavy atom. The highest BCUT2D eigenvalue weighted by molar-refractivity contribution is 7.22. The first-order chi connectivity index (χ1) is 11.8. The van der Waals surface area contributed by atoms with Crippen molar-refractivity contribution in [1.29, 1.82) is 0 Å². The molecule has 0 atom stereocenters. The zero-order chi connectivity index (χ0) is 16.4. The van der Waals surface area contributed by atoms with Gasteiger partial charge in [-0.25, -0.2) is 4.79 Å². The molecule has 2 nitrogen and oxygen atoms in total. The lowest BCUT2D eigenvalue weighted by molar-refractivity contribution is 0.0735. The van der Waals surface area contributed by atoms with Crippen LogP contribution in [0.4, 0.5) is 0 Å². The van der Waals surface area contributed by atoms with Gasteiger partial charge in [0.25, 0.3) is 0 Å². The topological polar surface area (TPSA) is 26.3 Å². The fourth-order valence-electron chi connectivity index (χ4n) is 2.55. The summed E-state index contributed by atoms with van der Waals surface area (Å²) in [6.07, 6.45) is 0. The fourth-order valence-corrected chi connectivity index (χ4v) is 3.62. The highest BCUT2D eigenvalue weighted by Gasteiger charge is 2.08. The molecule has 0 fully saturated rings. The molecule has 4 aromatic rings. The van der Waals surface area contributed by atoms with E-state index in [9.17, 15) is 4.79 Å². The Balaban J connectivity index is 1.55. The molecule has 0 spiro atoms. The molecule has 116 valence electrons. The third-order valence-electron chi connectivity index (χ3n) is 3.78. The van der Waals surface area contributed by atoms with Gasteiger partial charge in [0.1, 0.15) is 5.75 Å². The minimum Gasteiger partial charge on any atom is -0.423 e. The zero-order valence-corrected chi connectivity index (χ0v) is 13.6. The molecule has 0 unspecified atom stereocenters. The Morgan fingerprint density at radius 1 is 0.792 bits per heavy atom. The first-order valence-corrected chi connectivity index (χ1v) is 8.47. The van der Waals surface area contributed by atoms with E-state index in [2.05, 4.69) is 24.3 Å². The molecule has 1 heterocycles. The van der Waals surface area contributed by atoms with Gasteiger partial charge in [-0.2, -0.15) is 0 Å². The molecule has 4 rings (SSSR count). The van der Waals surface area contributed by atoms with Crippen LogP contribution in [0, 0.1) is 0 Å². The lowest BCUT2D eigenvalue weighted by Crippen LogP contribution is -2.07. The maximum Gasteiger partial charge on any atom is 0.343 e. The number of fused-ring (bicyclic) bond motifs is 1. The molecule has 3 heteroatoms. The van der Waals surface area contributed by atoms with Crippen LogP contribution in [0.25, 0.3) is 20.5 Å². The van der Waals surface area contributed by atoms with Crippen molar-refractivity contribution in [3.8, 4) is 16.2 Å². The average molecular weight is 330 g/mol. The predicted octanol–water partition coefficient (Wildman–Crippen LogP) is 5.79. The van der Waals surface area contributed by atoms with Crippen molar-refractivity contribution in [3.63, 3.8) is 0 Å². The molecule has 0 bridgehead atoms. The van der Waals surface area contributed by atoms with Gasteiger partial charge in [-0.05, 0) is 59.5 Å². The Labute approximate surface area is 144 Å². The molecule has 0 amide bonds. The summed E-state index contributed by atoms with van der Waals surface area (Å²) in [6.45, 7) is 0. The number of benzene rings is 3. The molecular formula is C21H14O2S. The van der Waals surface area contributed by atoms with Gasteiger partial charge in [0, 0.05) is 9.58 Å². The lowest BCUT2D eigenvalue weighted by Gasteiger charge is -2.05. The van der Waals surface area contributed by atoms with Crippen LogP contribution in [-0.2, 0) is 0 Å². The van der Waals surface area contributed by atoms with Crippen LogP contribution in [0.3, 0.4) is 0 Å². The van der Waals surface area contributed by atoms with E-state index in [1.54, 1.807) is 23.5 Å². The standard InChI is InChI=1S/C21H14O2S/c22-21(16-6-2-1-3-7-16)23-18-12-10-15(11-13-18)20-14-17-8-4-5-9-19(17)24-20/h1-14H. The van der Waals surface area contributed by atoms with Gasteiger partial charge >= 0.3 is 5.97 Å². The van der Waals surface area contributed by atoms with Crippen LogP contribution >= 0.6 is 11.3 Å². The molecule has 0 N–H and O–H groups in total. The molecule has 0 aliphatic rings. The van der Waals surface area contributed by atoms with Crippen LogP contribution in [0.2, 0.25) is 0 Å². The maximum absolute atomic E-state index is 12.1. The summed E-state index contributed by atoms with van der Waals surface area (Å²) in [6, 6.07) is 27.2.